The first-order valence-electron chi connectivity index (χ1n) is 5.61. The van der Waals surface area contributed by atoms with Gasteiger partial charge in [0.05, 0.1) is 15.7 Å². The summed E-state index contributed by atoms with van der Waals surface area (Å²) in [5.74, 6) is -0.294. The van der Waals surface area contributed by atoms with Crippen LogP contribution in [0, 0.1) is 10.5 Å². The number of aromatic amines is 1. The maximum atomic E-state index is 11.5. The van der Waals surface area contributed by atoms with E-state index in [-0.39, 0.29) is 5.97 Å². The molecule has 1 N–H and O–H groups in total. The highest BCUT2D eigenvalue weighted by molar-refractivity contribution is 14.1. The molecule has 1 aromatic heterocycles. The molecule has 0 fully saturated rings. The molecule has 0 bridgehead atoms. The van der Waals surface area contributed by atoms with Crippen LogP contribution >= 0.6 is 22.6 Å². The average molecular weight is 356 g/mol. The number of carbonyl (C=O) groups is 1. The van der Waals surface area contributed by atoms with Gasteiger partial charge in [0.25, 0.3) is 0 Å². The molecule has 0 radical (unpaired) electrons. The third kappa shape index (κ3) is 2.55. The third-order valence-electron chi connectivity index (χ3n) is 2.54. The summed E-state index contributed by atoms with van der Waals surface area (Å²) in [6, 6.07) is 7.27. The fourth-order valence-corrected chi connectivity index (χ4v) is 2.14. The fraction of sp³-hybridized carbons (Fsp3) is 0.231. The number of H-pyrrole nitrogens is 1. The van der Waals surface area contributed by atoms with Gasteiger partial charge in [0.2, 0.25) is 0 Å². The lowest BCUT2D eigenvalue weighted by molar-refractivity contribution is 0.0526. The minimum atomic E-state index is -0.294. The van der Waals surface area contributed by atoms with Crippen LogP contribution in [-0.2, 0) is 4.74 Å². The Kier molecular flexibility index (Phi) is 4.00. The predicted molar refractivity (Wildman–Crippen MR) is 77.4 cm³/mol. The number of benzene rings is 1. The topological polar surface area (TPSA) is 55.0 Å². The van der Waals surface area contributed by atoms with Crippen molar-refractivity contribution in [3.63, 3.8) is 0 Å². The Hall–Kier alpha value is -1.37. The standard InChI is InChI=1S/C13H13IN2O2/c1-3-18-13(17)10-6-4-9(5-7-10)12-11(14)8(2)15-16-12/h4-7H,3H2,1-2H3,(H,15,16). The van der Waals surface area contributed by atoms with Gasteiger partial charge in [-0.25, -0.2) is 4.79 Å². The number of hydrogen-bond acceptors (Lipinski definition) is 3. The van der Waals surface area contributed by atoms with E-state index >= 15 is 0 Å². The van der Waals surface area contributed by atoms with Crippen LogP contribution < -0.4 is 0 Å². The van der Waals surface area contributed by atoms with Crippen LogP contribution in [0.2, 0.25) is 0 Å². The summed E-state index contributed by atoms with van der Waals surface area (Å²) in [5.41, 5.74) is 3.49. The molecule has 2 aromatic rings. The van der Waals surface area contributed by atoms with Crippen LogP contribution in [0.1, 0.15) is 23.0 Å². The number of halogens is 1. The van der Waals surface area contributed by atoms with E-state index in [1.165, 1.54) is 0 Å². The number of rotatable bonds is 3. The molecule has 4 nitrogen and oxygen atoms in total. The molecule has 0 atom stereocenters. The fourth-order valence-electron chi connectivity index (χ4n) is 1.59. The van der Waals surface area contributed by atoms with Crippen molar-refractivity contribution in [3.05, 3.63) is 39.1 Å². The molecule has 18 heavy (non-hydrogen) atoms. The molecule has 1 heterocycles. The van der Waals surface area contributed by atoms with Gasteiger partial charge in [0.1, 0.15) is 5.69 Å². The van der Waals surface area contributed by atoms with Crippen molar-refractivity contribution in [2.75, 3.05) is 6.61 Å². The van der Waals surface area contributed by atoms with Gasteiger partial charge in [-0.15, -0.1) is 0 Å². The second-order valence-corrected chi connectivity index (χ2v) is 4.89. The summed E-state index contributed by atoms with van der Waals surface area (Å²) in [5, 5.41) is 7.19. The van der Waals surface area contributed by atoms with E-state index in [4.69, 9.17) is 4.74 Å². The normalized spacial score (nSPS) is 10.4. The monoisotopic (exact) mass is 356 g/mol. The average Bonchev–Trinajstić information content (AvgIpc) is 2.71. The highest BCUT2D eigenvalue weighted by atomic mass is 127. The van der Waals surface area contributed by atoms with Crippen molar-refractivity contribution in [3.8, 4) is 11.3 Å². The molecule has 0 aliphatic heterocycles. The second-order valence-electron chi connectivity index (χ2n) is 3.81. The SMILES string of the molecule is CCOC(=O)c1ccc(-c2n[nH]c(C)c2I)cc1. The predicted octanol–water partition coefficient (Wildman–Crippen LogP) is 3.17. The molecule has 0 aliphatic carbocycles. The van der Waals surface area contributed by atoms with E-state index in [1.807, 2.05) is 19.1 Å². The van der Waals surface area contributed by atoms with E-state index in [0.29, 0.717) is 12.2 Å². The van der Waals surface area contributed by atoms with E-state index in [2.05, 4.69) is 32.8 Å². The summed E-state index contributed by atoms with van der Waals surface area (Å²) in [4.78, 5) is 11.5. The van der Waals surface area contributed by atoms with Gasteiger partial charge < -0.3 is 4.74 Å². The van der Waals surface area contributed by atoms with Gasteiger partial charge in [-0.2, -0.15) is 5.10 Å². The zero-order valence-electron chi connectivity index (χ0n) is 10.2. The molecule has 0 unspecified atom stereocenters. The third-order valence-corrected chi connectivity index (χ3v) is 3.86. The molecule has 0 spiro atoms. The Bertz CT molecular complexity index is 561. The minimum Gasteiger partial charge on any atom is -0.462 e. The van der Waals surface area contributed by atoms with Crippen LogP contribution in [0.3, 0.4) is 0 Å². The van der Waals surface area contributed by atoms with Crippen LogP contribution in [0.15, 0.2) is 24.3 Å². The Morgan fingerprint density at radius 2 is 2.06 bits per heavy atom. The van der Waals surface area contributed by atoms with Crippen LogP contribution in [0.4, 0.5) is 0 Å². The van der Waals surface area contributed by atoms with Crippen molar-refractivity contribution in [1.82, 2.24) is 10.2 Å². The van der Waals surface area contributed by atoms with Gasteiger partial charge in [0, 0.05) is 11.3 Å². The van der Waals surface area contributed by atoms with Crippen molar-refractivity contribution in [2.24, 2.45) is 0 Å². The summed E-state index contributed by atoms with van der Waals surface area (Å²) in [7, 11) is 0. The Morgan fingerprint density at radius 3 is 2.56 bits per heavy atom. The smallest absolute Gasteiger partial charge is 0.338 e. The largest absolute Gasteiger partial charge is 0.462 e. The van der Waals surface area contributed by atoms with Crippen molar-refractivity contribution < 1.29 is 9.53 Å². The van der Waals surface area contributed by atoms with Gasteiger partial charge in [-0.05, 0) is 48.6 Å². The second kappa shape index (κ2) is 5.51. The molecule has 0 amide bonds. The molecule has 0 aliphatic rings. The molecule has 0 saturated carbocycles. The first-order chi connectivity index (χ1) is 8.63. The van der Waals surface area contributed by atoms with Gasteiger partial charge >= 0.3 is 5.97 Å². The molecular weight excluding hydrogens is 343 g/mol. The molecule has 94 valence electrons. The van der Waals surface area contributed by atoms with Gasteiger partial charge in [0.15, 0.2) is 0 Å². The molecule has 2 rings (SSSR count). The van der Waals surface area contributed by atoms with Gasteiger partial charge in [-0.3, -0.25) is 5.10 Å². The van der Waals surface area contributed by atoms with Crippen molar-refractivity contribution in [2.45, 2.75) is 13.8 Å². The van der Waals surface area contributed by atoms with E-state index in [0.717, 1.165) is 20.5 Å². The highest BCUT2D eigenvalue weighted by Crippen LogP contribution is 2.25. The van der Waals surface area contributed by atoms with Crippen molar-refractivity contribution in [1.29, 1.82) is 0 Å². The Labute approximate surface area is 119 Å². The number of carbonyl (C=O) groups excluding carboxylic acids is 1. The first kappa shape index (κ1) is 13.1. The van der Waals surface area contributed by atoms with Crippen LogP contribution in [0.25, 0.3) is 11.3 Å². The zero-order chi connectivity index (χ0) is 13.1. The maximum Gasteiger partial charge on any atom is 0.338 e. The summed E-state index contributed by atoms with van der Waals surface area (Å²) >= 11 is 2.25. The summed E-state index contributed by atoms with van der Waals surface area (Å²) in [6.45, 7) is 4.16. The molecule has 5 heteroatoms. The Balaban J connectivity index is 2.28. The number of esters is 1. The number of aromatic nitrogens is 2. The summed E-state index contributed by atoms with van der Waals surface area (Å²) in [6.07, 6.45) is 0. The van der Waals surface area contributed by atoms with Gasteiger partial charge in [-0.1, -0.05) is 12.1 Å². The highest BCUT2D eigenvalue weighted by Gasteiger charge is 2.11. The summed E-state index contributed by atoms with van der Waals surface area (Å²) < 4.78 is 6.03. The number of nitrogens with one attached hydrogen (secondary N) is 1. The number of hydrogen-bond donors (Lipinski definition) is 1. The number of nitrogens with zero attached hydrogens (tertiary/aromatic N) is 1. The minimum absolute atomic E-state index is 0.294. The molecule has 0 saturated heterocycles. The van der Waals surface area contributed by atoms with E-state index in [9.17, 15) is 4.79 Å². The van der Waals surface area contributed by atoms with E-state index < -0.39 is 0 Å². The quantitative estimate of drug-likeness (QED) is 0.679. The lowest BCUT2D eigenvalue weighted by Crippen LogP contribution is -2.04. The maximum absolute atomic E-state index is 11.5. The Morgan fingerprint density at radius 1 is 1.39 bits per heavy atom. The first-order valence-corrected chi connectivity index (χ1v) is 6.69. The van der Waals surface area contributed by atoms with Crippen LogP contribution in [-0.4, -0.2) is 22.8 Å². The van der Waals surface area contributed by atoms with Crippen LogP contribution in [0.5, 0.6) is 0 Å². The number of ether oxygens (including phenoxy) is 1. The van der Waals surface area contributed by atoms with E-state index in [1.54, 1.807) is 19.1 Å². The van der Waals surface area contributed by atoms with Crippen molar-refractivity contribution >= 4 is 28.6 Å². The lowest BCUT2D eigenvalue weighted by Gasteiger charge is -2.03. The number of aryl methyl sites for hydroxylation is 1. The molecule has 1 aromatic carbocycles. The zero-order valence-corrected chi connectivity index (χ0v) is 12.3. The lowest BCUT2D eigenvalue weighted by atomic mass is 10.1. The molecular formula is C13H13IN2O2.